The number of para-hydroxylation sites is 4. The minimum Gasteiger partial charge on any atom is -0.344 e. The lowest BCUT2D eigenvalue weighted by molar-refractivity contribution is 0.624. The second-order valence-electron chi connectivity index (χ2n) is 16.0. The lowest BCUT2D eigenvalue weighted by atomic mass is 9.82. The SMILES string of the molecule is CCCCN1/C(=C/C=C2\CCC/C(=C\C=C3\N(CCCC)c4ccccc4C3(C)C)C2=[N+](c2ccccc2)c2ccccc2)C(C)(C)c2ccccc21. The Bertz CT molecular complexity index is 1930. The van der Waals surface area contributed by atoms with Crippen LogP contribution in [0.15, 0.2) is 156 Å². The number of rotatable bonds is 10. The Morgan fingerprint density at radius 1 is 0.528 bits per heavy atom. The summed E-state index contributed by atoms with van der Waals surface area (Å²) in [5.74, 6) is 0. The van der Waals surface area contributed by atoms with Crippen molar-refractivity contribution in [3.05, 3.63) is 167 Å². The fraction of sp³-hybridized carbons (Fsp3) is 0.340. The highest BCUT2D eigenvalue weighted by atomic mass is 15.2. The van der Waals surface area contributed by atoms with Gasteiger partial charge in [0.1, 0.15) is 0 Å². The van der Waals surface area contributed by atoms with Crippen molar-refractivity contribution in [1.82, 2.24) is 4.58 Å². The second kappa shape index (κ2) is 15.6. The molecule has 272 valence electrons. The molecular weight excluding hydrogens is 643 g/mol. The van der Waals surface area contributed by atoms with E-state index in [0.29, 0.717) is 0 Å². The van der Waals surface area contributed by atoms with Crippen molar-refractivity contribution in [3.8, 4) is 0 Å². The molecule has 0 saturated heterocycles. The van der Waals surface area contributed by atoms with Gasteiger partial charge in [-0.3, -0.25) is 0 Å². The van der Waals surface area contributed by atoms with Crippen LogP contribution in [0.5, 0.6) is 0 Å². The molecule has 0 amide bonds. The predicted molar refractivity (Wildman–Crippen MR) is 229 cm³/mol. The molecular formula is C50H58N3+. The molecule has 0 radical (unpaired) electrons. The van der Waals surface area contributed by atoms with Crippen LogP contribution in [0.4, 0.5) is 22.7 Å². The fourth-order valence-corrected chi connectivity index (χ4v) is 8.84. The van der Waals surface area contributed by atoms with Crippen LogP contribution in [-0.4, -0.2) is 18.8 Å². The van der Waals surface area contributed by atoms with Gasteiger partial charge in [0.15, 0.2) is 0 Å². The molecule has 1 fully saturated rings. The molecule has 53 heavy (non-hydrogen) atoms. The van der Waals surface area contributed by atoms with Gasteiger partial charge in [-0.1, -0.05) is 139 Å². The van der Waals surface area contributed by atoms with E-state index in [1.165, 1.54) is 87.8 Å². The summed E-state index contributed by atoms with van der Waals surface area (Å²) in [6, 6.07) is 40.0. The number of allylic oxidation sites excluding steroid dienone is 8. The molecule has 7 rings (SSSR count). The standard InChI is InChI=1S/C50H58N3/c1-7-9-36-51-44-30-19-17-28-42(44)49(3,4)46(51)34-32-38-22-21-23-39(48(38)53(40-24-13-11-14-25-40)41-26-15-12-16-27-41)33-35-47-50(5,6)43-29-18-20-31-45(43)52(47)37-10-8-2/h11-20,24-35H,7-10,21-23,36-37H2,1-6H3/q+1. The van der Waals surface area contributed by atoms with Gasteiger partial charge in [0.2, 0.25) is 17.1 Å². The quantitative estimate of drug-likeness (QED) is 0.152. The molecule has 0 atom stereocenters. The Morgan fingerprint density at radius 3 is 1.34 bits per heavy atom. The number of anilines is 2. The lowest BCUT2D eigenvalue weighted by Gasteiger charge is -2.27. The molecule has 1 aliphatic carbocycles. The first-order valence-electron chi connectivity index (χ1n) is 20.1. The number of nitrogens with zero attached hydrogens (tertiary/aromatic N) is 3. The van der Waals surface area contributed by atoms with Crippen LogP contribution >= 0.6 is 0 Å². The van der Waals surface area contributed by atoms with Crippen LogP contribution < -0.4 is 14.4 Å². The molecule has 3 heteroatoms. The Morgan fingerprint density at radius 2 is 0.925 bits per heavy atom. The third-order valence-electron chi connectivity index (χ3n) is 11.7. The monoisotopic (exact) mass is 700 g/mol. The minimum absolute atomic E-state index is 0.0805. The highest BCUT2D eigenvalue weighted by molar-refractivity contribution is 6.16. The zero-order chi connectivity index (χ0) is 37.0. The number of unbranched alkanes of at least 4 members (excludes halogenated alkanes) is 2. The number of fused-ring (bicyclic) bond motifs is 2. The Hall–Kier alpha value is -4.89. The summed E-state index contributed by atoms with van der Waals surface area (Å²) in [5, 5.41) is 0. The first kappa shape index (κ1) is 36.5. The number of hydrogen-bond acceptors (Lipinski definition) is 2. The number of hydrogen-bond donors (Lipinski definition) is 0. The Labute approximate surface area is 319 Å². The van der Waals surface area contributed by atoms with Gasteiger partial charge in [0.05, 0.1) is 0 Å². The molecule has 2 heterocycles. The van der Waals surface area contributed by atoms with E-state index in [1.54, 1.807) is 0 Å². The summed E-state index contributed by atoms with van der Waals surface area (Å²) in [5.41, 5.74) is 14.6. The van der Waals surface area contributed by atoms with Crippen LogP contribution in [0, 0.1) is 0 Å². The van der Waals surface area contributed by atoms with E-state index in [9.17, 15) is 0 Å². The van der Waals surface area contributed by atoms with Gasteiger partial charge in [-0.05, 0) is 67.5 Å². The van der Waals surface area contributed by atoms with Gasteiger partial charge in [-0.2, -0.15) is 4.58 Å². The molecule has 0 N–H and O–H groups in total. The summed E-state index contributed by atoms with van der Waals surface area (Å²) in [6.07, 6.45) is 17.7. The highest BCUT2D eigenvalue weighted by Gasteiger charge is 2.41. The predicted octanol–water partition coefficient (Wildman–Crippen LogP) is 13.0. The van der Waals surface area contributed by atoms with E-state index < -0.39 is 0 Å². The third kappa shape index (κ3) is 6.99. The van der Waals surface area contributed by atoms with Crippen molar-refractivity contribution in [2.75, 3.05) is 22.9 Å². The molecule has 0 aromatic heterocycles. The number of benzene rings is 4. The Balaban J connectivity index is 1.43. The summed E-state index contributed by atoms with van der Waals surface area (Å²) >= 11 is 0. The third-order valence-corrected chi connectivity index (χ3v) is 11.7. The van der Waals surface area contributed by atoms with E-state index in [2.05, 4.69) is 189 Å². The van der Waals surface area contributed by atoms with Gasteiger partial charge in [0, 0.05) is 82.1 Å². The van der Waals surface area contributed by atoms with Gasteiger partial charge in [-0.15, -0.1) is 0 Å². The molecule has 4 aromatic rings. The Kier molecular flexibility index (Phi) is 10.7. The first-order valence-corrected chi connectivity index (χ1v) is 20.1. The topological polar surface area (TPSA) is 9.49 Å². The van der Waals surface area contributed by atoms with E-state index in [4.69, 9.17) is 0 Å². The summed E-state index contributed by atoms with van der Waals surface area (Å²) in [4.78, 5) is 5.19. The first-order chi connectivity index (χ1) is 25.8. The van der Waals surface area contributed by atoms with E-state index in [-0.39, 0.29) is 10.8 Å². The van der Waals surface area contributed by atoms with E-state index in [1.807, 2.05) is 0 Å². The summed E-state index contributed by atoms with van der Waals surface area (Å²) < 4.78 is 2.51. The molecule has 4 aromatic carbocycles. The largest absolute Gasteiger partial charge is 0.344 e. The molecule has 3 nitrogen and oxygen atoms in total. The zero-order valence-corrected chi connectivity index (χ0v) is 32.9. The van der Waals surface area contributed by atoms with Gasteiger partial charge >= 0.3 is 0 Å². The normalized spacial score (nSPS) is 20.5. The van der Waals surface area contributed by atoms with Crippen LogP contribution in [0.3, 0.4) is 0 Å². The van der Waals surface area contributed by atoms with E-state index >= 15 is 0 Å². The van der Waals surface area contributed by atoms with Gasteiger partial charge in [0.25, 0.3) is 0 Å². The average Bonchev–Trinajstić information content (AvgIpc) is 3.53. The highest BCUT2D eigenvalue weighted by Crippen LogP contribution is 2.49. The van der Waals surface area contributed by atoms with Crippen LogP contribution in [0.1, 0.15) is 97.6 Å². The molecule has 2 aliphatic heterocycles. The maximum Gasteiger partial charge on any atom is 0.218 e. The van der Waals surface area contributed by atoms with Gasteiger partial charge < -0.3 is 9.80 Å². The lowest BCUT2D eigenvalue weighted by Crippen LogP contribution is -2.28. The van der Waals surface area contributed by atoms with Crippen LogP contribution in [-0.2, 0) is 10.8 Å². The molecule has 3 aliphatic rings. The van der Waals surface area contributed by atoms with Crippen molar-refractivity contribution < 1.29 is 0 Å². The van der Waals surface area contributed by atoms with E-state index in [0.717, 1.165) is 32.4 Å². The maximum absolute atomic E-state index is 2.59. The van der Waals surface area contributed by atoms with Crippen molar-refractivity contribution in [1.29, 1.82) is 0 Å². The molecule has 1 saturated carbocycles. The zero-order valence-electron chi connectivity index (χ0n) is 32.9. The van der Waals surface area contributed by atoms with Crippen LogP contribution in [0.25, 0.3) is 0 Å². The van der Waals surface area contributed by atoms with Crippen molar-refractivity contribution in [2.45, 2.75) is 97.3 Å². The smallest absolute Gasteiger partial charge is 0.218 e. The minimum atomic E-state index is -0.0805. The van der Waals surface area contributed by atoms with Crippen molar-refractivity contribution in [2.24, 2.45) is 0 Å². The van der Waals surface area contributed by atoms with Crippen LogP contribution in [0.2, 0.25) is 0 Å². The molecule has 0 unspecified atom stereocenters. The average molecular weight is 701 g/mol. The maximum atomic E-state index is 2.59. The second-order valence-corrected chi connectivity index (χ2v) is 16.0. The molecule has 0 bridgehead atoms. The van der Waals surface area contributed by atoms with Gasteiger partial charge in [-0.25, -0.2) is 0 Å². The molecule has 0 spiro atoms. The van der Waals surface area contributed by atoms with Crippen molar-refractivity contribution in [3.63, 3.8) is 0 Å². The summed E-state index contributed by atoms with van der Waals surface area (Å²) in [6.45, 7) is 16.3. The fourth-order valence-electron chi connectivity index (χ4n) is 8.84. The van der Waals surface area contributed by atoms with Crippen molar-refractivity contribution >= 4 is 28.5 Å². The summed E-state index contributed by atoms with van der Waals surface area (Å²) in [7, 11) is 0.